The molecule has 0 bridgehead atoms. The molecule has 0 aliphatic carbocycles. The molecule has 82 valence electrons. The molecule has 0 radical (unpaired) electrons. The van der Waals surface area contributed by atoms with E-state index in [1.54, 1.807) is 18.6 Å². The second-order valence-electron chi connectivity index (χ2n) is 3.77. The van der Waals surface area contributed by atoms with E-state index >= 15 is 0 Å². The van der Waals surface area contributed by atoms with Crippen molar-refractivity contribution >= 4 is 0 Å². The highest BCUT2D eigenvalue weighted by Crippen LogP contribution is 2.28. The molecule has 0 aliphatic rings. The molecule has 2 atom stereocenters. The van der Waals surface area contributed by atoms with Gasteiger partial charge in [0.05, 0.1) is 6.10 Å². The molecule has 0 fully saturated rings. The topological polar surface area (TPSA) is 46.0 Å². The van der Waals surface area contributed by atoms with Crippen molar-refractivity contribution < 1.29 is 5.11 Å². The quantitative estimate of drug-likeness (QED) is 0.852. The zero-order valence-electron chi connectivity index (χ0n) is 9.12. The Morgan fingerprint density at radius 1 is 1.12 bits per heavy atom. The average Bonchev–Trinajstić information content (AvgIpc) is 2.39. The third kappa shape index (κ3) is 2.25. The van der Waals surface area contributed by atoms with Crippen LogP contribution in [0.2, 0.25) is 0 Å². The van der Waals surface area contributed by atoms with E-state index < -0.39 is 6.10 Å². The number of pyridine rings is 2. The van der Waals surface area contributed by atoms with Crippen molar-refractivity contribution in [3.63, 3.8) is 0 Å². The maximum absolute atomic E-state index is 10.2. The molecule has 2 rings (SSSR count). The molecule has 0 saturated carbocycles. The van der Waals surface area contributed by atoms with Gasteiger partial charge in [-0.25, -0.2) is 0 Å². The molecule has 0 aromatic carbocycles. The first kappa shape index (κ1) is 10.8. The zero-order chi connectivity index (χ0) is 11.4. The lowest BCUT2D eigenvalue weighted by Crippen LogP contribution is -2.09. The van der Waals surface area contributed by atoms with Crippen LogP contribution < -0.4 is 0 Å². The summed E-state index contributed by atoms with van der Waals surface area (Å²) in [4.78, 5) is 8.25. The van der Waals surface area contributed by atoms with Crippen LogP contribution in [0.25, 0.3) is 0 Å². The van der Waals surface area contributed by atoms with Crippen molar-refractivity contribution in [1.29, 1.82) is 0 Å². The van der Waals surface area contributed by atoms with Gasteiger partial charge in [0.25, 0.3) is 0 Å². The second-order valence-corrected chi connectivity index (χ2v) is 3.77. The molecule has 3 heteroatoms. The molecule has 0 saturated heterocycles. The zero-order valence-corrected chi connectivity index (χ0v) is 9.12. The highest BCUT2D eigenvalue weighted by molar-refractivity contribution is 5.19. The van der Waals surface area contributed by atoms with Gasteiger partial charge >= 0.3 is 0 Å². The highest BCUT2D eigenvalue weighted by Gasteiger charge is 2.18. The summed E-state index contributed by atoms with van der Waals surface area (Å²) in [6.07, 6.45) is 4.55. The molecular formula is C13H14N2O. The summed E-state index contributed by atoms with van der Waals surface area (Å²) in [6.45, 7) is 1.96. The Balaban J connectivity index is 2.20. The first-order valence-corrected chi connectivity index (χ1v) is 5.28. The lowest BCUT2D eigenvalue weighted by Gasteiger charge is -2.18. The van der Waals surface area contributed by atoms with Crippen molar-refractivity contribution in [2.24, 2.45) is 0 Å². The Hall–Kier alpha value is -1.74. The lowest BCUT2D eigenvalue weighted by molar-refractivity contribution is 0.149. The molecule has 2 unspecified atom stereocenters. The standard InChI is InChI=1S/C13H14N2O/c1-10(12-6-2-3-8-15-12)13(16)11-5-4-7-14-9-11/h2-10,13,16H,1H3. The molecule has 2 aromatic heterocycles. The van der Waals surface area contributed by atoms with Gasteiger partial charge < -0.3 is 5.11 Å². The van der Waals surface area contributed by atoms with Crippen LogP contribution in [0.3, 0.4) is 0 Å². The van der Waals surface area contributed by atoms with Gasteiger partial charge in [-0.3, -0.25) is 9.97 Å². The van der Waals surface area contributed by atoms with Crippen LogP contribution >= 0.6 is 0 Å². The van der Waals surface area contributed by atoms with Crippen LogP contribution in [-0.4, -0.2) is 15.1 Å². The molecule has 0 amide bonds. The number of aliphatic hydroxyl groups is 1. The predicted molar refractivity (Wildman–Crippen MR) is 61.8 cm³/mol. The monoisotopic (exact) mass is 214 g/mol. The van der Waals surface area contributed by atoms with Gasteiger partial charge in [-0.05, 0) is 23.8 Å². The minimum Gasteiger partial charge on any atom is -0.388 e. The van der Waals surface area contributed by atoms with Crippen LogP contribution in [0.1, 0.15) is 30.2 Å². The van der Waals surface area contributed by atoms with Crippen molar-refractivity contribution in [2.75, 3.05) is 0 Å². The lowest BCUT2D eigenvalue weighted by atomic mass is 9.95. The van der Waals surface area contributed by atoms with E-state index in [1.807, 2.05) is 37.3 Å². The Labute approximate surface area is 94.8 Å². The summed E-state index contributed by atoms with van der Waals surface area (Å²) < 4.78 is 0. The van der Waals surface area contributed by atoms with E-state index in [0.29, 0.717) is 0 Å². The molecule has 16 heavy (non-hydrogen) atoms. The SMILES string of the molecule is CC(c1ccccn1)C(O)c1cccnc1. The van der Waals surface area contributed by atoms with Gasteiger partial charge in [0.1, 0.15) is 0 Å². The van der Waals surface area contributed by atoms with Gasteiger partial charge in [-0.15, -0.1) is 0 Å². The molecule has 1 N–H and O–H groups in total. The Morgan fingerprint density at radius 3 is 2.62 bits per heavy atom. The van der Waals surface area contributed by atoms with Gasteiger partial charge in [0.15, 0.2) is 0 Å². The number of rotatable bonds is 3. The van der Waals surface area contributed by atoms with Crippen molar-refractivity contribution in [3.8, 4) is 0 Å². The predicted octanol–water partition coefficient (Wildman–Crippen LogP) is 2.31. The number of hydrogen-bond donors (Lipinski definition) is 1. The first-order valence-electron chi connectivity index (χ1n) is 5.28. The summed E-state index contributed by atoms with van der Waals surface area (Å²) in [5.74, 6) is -0.0367. The van der Waals surface area contributed by atoms with Crippen molar-refractivity contribution in [3.05, 3.63) is 60.2 Å². The maximum atomic E-state index is 10.2. The number of nitrogens with zero attached hydrogens (tertiary/aromatic N) is 2. The fourth-order valence-electron chi connectivity index (χ4n) is 1.65. The number of hydrogen-bond acceptors (Lipinski definition) is 3. The van der Waals surface area contributed by atoms with Crippen molar-refractivity contribution in [2.45, 2.75) is 18.9 Å². The van der Waals surface area contributed by atoms with E-state index in [2.05, 4.69) is 9.97 Å². The van der Waals surface area contributed by atoms with Crippen LogP contribution in [-0.2, 0) is 0 Å². The molecule has 0 spiro atoms. The Kier molecular flexibility index (Phi) is 3.27. The van der Waals surface area contributed by atoms with Crippen LogP contribution in [0, 0.1) is 0 Å². The van der Waals surface area contributed by atoms with E-state index in [4.69, 9.17) is 0 Å². The van der Waals surface area contributed by atoms with Crippen LogP contribution in [0.5, 0.6) is 0 Å². The third-order valence-corrected chi connectivity index (χ3v) is 2.65. The summed E-state index contributed by atoms with van der Waals surface area (Å²) in [5, 5.41) is 10.2. The summed E-state index contributed by atoms with van der Waals surface area (Å²) >= 11 is 0. The fourth-order valence-corrected chi connectivity index (χ4v) is 1.65. The number of aliphatic hydroxyl groups excluding tert-OH is 1. The maximum Gasteiger partial charge on any atom is 0.0885 e. The highest BCUT2D eigenvalue weighted by atomic mass is 16.3. The molecule has 3 nitrogen and oxygen atoms in total. The Morgan fingerprint density at radius 2 is 2.00 bits per heavy atom. The molecule has 0 aliphatic heterocycles. The van der Waals surface area contributed by atoms with E-state index in [0.717, 1.165) is 11.3 Å². The smallest absolute Gasteiger partial charge is 0.0885 e. The Bertz CT molecular complexity index is 387. The number of aromatic nitrogens is 2. The van der Waals surface area contributed by atoms with E-state index in [1.165, 1.54) is 0 Å². The van der Waals surface area contributed by atoms with Crippen LogP contribution in [0.4, 0.5) is 0 Å². The fraction of sp³-hybridized carbons (Fsp3) is 0.231. The van der Waals surface area contributed by atoms with Crippen molar-refractivity contribution in [1.82, 2.24) is 9.97 Å². The largest absolute Gasteiger partial charge is 0.388 e. The normalized spacial score (nSPS) is 14.4. The summed E-state index contributed by atoms with van der Waals surface area (Å²) in [7, 11) is 0. The second kappa shape index (κ2) is 4.86. The van der Waals surface area contributed by atoms with Gasteiger partial charge in [0.2, 0.25) is 0 Å². The molecular weight excluding hydrogens is 200 g/mol. The van der Waals surface area contributed by atoms with Gasteiger partial charge in [-0.1, -0.05) is 19.1 Å². The minimum absolute atomic E-state index is 0.0367. The third-order valence-electron chi connectivity index (χ3n) is 2.65. The van der Waals surface area contributed by atoms with E-state index in [9.17, 15) is 5.11 Å². The minimum atomic E-state index is -0.566. The van der Waals surface area contributed by atoms with Crippen LogP contribution in [0.15, 0.2) is 48.9 Å². The molecule has 2 aromatic rings. The summed E-state index contributed by atoms with van der Waals surface area (Å²) in [6, 6.07) is 9.41. The molecule has 2 heterocycles. The average molecular weight is 214 g/mol. The van der Waals surface area contributed by atoms with Gasteiger partial charge in [-0.2, -0.15) is 0 Å². The van der Waals surface area contributed by atoms with Gasteiger partial charge in [0, 0.05) is 30.2 Å². The summed E-state index contributed by atoms with van der Waals surface area (Å²) in [5.41, 5.74) is 1.71. The van der Waals surface area contributed by atoms with E-state index in [-0.39, 0.29) is 5.92 Å². The first-order chi connectivity index (χ1) is 7.79.